The Hall–Kier alpha value is -1.17. The third-order valence-electron chi connectivity index (χ3n) is 3.75. The first kappa shape index (κ1) is 15.9. The average Bonchev–Trinajstić information content (AvgIpc) is 2.83. The Balaban J connectivity index is 2.89. The predicted octanol–water partition coefficient (Wildman–Crippen LogP) is 0.947. The van der Waals surface area contributed by atoms with Crippen molar-refractivity contribution < 1.29 is 9.59 Å². The molecule has 1 saturated carbocycles. The zero-order valence-electron chi connectivity index (χ0n) is 11.5. The van der Waals surface area contributed by atoms with E-state index in [1.807, 2.05) is 6.92 Å². The molecule has 0 saturated heterocycles. The van der Waals surface area contributed by atoms with Crippen LogP contribution in [0.3, 0.4) is 0 Å². The van der Waals surface area contributed by atoms with Crippen LogP contribution in [-0.4, -0.2) is 34.8 Å². The maximum Gasteiger partial charge on any atom is 0.237 e. The number of amides is 2. The van der Waals surface area contributed by atoms with Crippen LogP contribution in [0.2, 0.25) is 0 Å². The summed E-state index contributed by atoms with van der Waals surface area (Å²) in [7, 11) is 0. The van der Waals surface area contributed by atoms with Crippen molar-refractivity contribution in [2.24, 2.45) is 16.9 Å². The lowest BCUT2D eigenvalue weighted by atomic mass is 9.84. The van der Waals surface area contributed by atoms with E-state index < -0.39 is 11.3 Å². The summed E-state index contributed by atoms with van der Waals surface area (Å²) < 4.78 is 0. The van der Waals surface area contributed by atoms with E-state index in [1.54, 1.807) is 0 Å². The van der Waals surface area contributed by atoms with Crippen LogP contribution >= 0.6 is 12.2 Å². The zero-order chi connectivity index (χ0) is 14.5. The van der Waals surface area contributed by atoms with Crippen molar-refractivity contribution in [3.05, 3.63) is 0 Å². The summed E-state index contributed by atoms with van der Waals surface area (Å²) in [5.74, 6) is -0.620. The average molecular weight is 285 g/mol. The number of carbonyl (C=O) groups excluding carboxylic acids is 2. The fourth-order valence-corrected chi connectivity index (χ4v) is 2.93. The number of rotatable bonds is 7. The summed E-state index contributed by atoms with van der Waals surface area (Å²) in [4.78, 5) is 25.6. The van der Waals surface area contributed by atoms with Crippen molar-refractivity contribution in [2.75, 3.05) is 13.1 Å². The molecule has 0 aromatic rings. The molecule has 0 bridgehead atoms. The highest BCUT2D eigenvalue weighted by molar-refractivity contribution is 7.80. The molecule has 1 rings (SSSR count). The molecular formula is C13H23N3O2S. The minimum Gasteiger partial charge on any atom is -0.392 e. The van der Waals surface area contributed by atoms with Crippen molar-refractivity contribution in [3.63, 3.8) is 0 Å². The van der Waals surface area contributed by atoms with Crippen molar-refractivity contribution in [2.45, 2.75) is 45.4 Å². The highest BCUT2D eigenvalue weighted by Gasteiger charge is 2.46. The van der Waals surface area contributed by atoms with Crippen molar-refractivity contribution in [1.82, 2.24) is 4.90 Å². The minimum atomic E-state index is -0.751. The lowest BCUT2D eigenvalue weighted by Gasteiger charge is -2.33. The Morgan fingerprint density at radius 3 is 2.26 bits per heavy atom. The number of nitrogens with zero attached hydrogens (tertiary/aromatic N) is 1. The largest absolute Gasteiger partial charge is 0.392 e. The van der Waals surface area contributed by atoms with Gasteiger partial charge in [0, 0.05) is 6.54 Å². The molecular weight excluding hydrogens is 262 g/mol. The molecule has 2 amide bonds. The Morgan fingerprint density at radius 1 is 1.26 bits per heavy atom. The van der Waals surface area contributed by atoms with Gasteiger partial charge in [-0.3, -0.25) is 9.59 Å². The molecule has 0 spiro atoms. The second-order valence-electron chi connectivity index (χ2n) is 5.20. The van der Waals surface area contributed by atoms with E-state index in [1.165, 1.54) is 4.90 Å². The molecule has 0 unspecified atom stereocenters. The van der Waals surface area contributed by atoms with Crippen LogP contribution in [0.15, 0.2) is 0 Å². The van der Waals surface area contributed by atoms with Crippen LogP contribution in [0, 0.1) is 5.41 Å². The van der Waals surface area contributed by atoms with Crippen LogP contribution in [0.5, 0.6) is 0 Å². The van der Waals surface area contributed by atoms with E-state index in [9.17, 15) is 9.59 Å². The Labute approximate surface area is 119 Å². The highest BCUT2D eigenvalue weighted by atomic mass is 32.1. The van der Waals surface area contributed by atoms with Gasteiger partial charge in [0.05, 0.1) is 16.9 Å². The second-order valence-corrected chi connectivity index (χ2v) is 5.64. The molecule has 0 aromatic carbocycles. The molecule has 1 aliphatic rings. The van der Waals surface area contributed by atoms with Gasteiger partial charge in [-0.05, 0) is 19.3 Å². The van der Waals surface area contributed by atoms with Gasteiger partial charge in [-0.15, -0.1) is 0 Å². The maximum absolute atomic E-state index is 12.7. The van der Waals surface area contributed by atoms with Crippen molar-refractivity contribution in [1.29, 1.82) is 0 Å². The van der Waals surface area contributed by atoms with Gasteiger partial charge in [0.25, 0.3) is 0 Å². The molecule has 6 heteroatoms. The first-order valence-corrected chi connectivity index (χ1v) is 7.22. The first-order valence-electron chi connectivity index (χ1n) is 6.81. The molecule has 0 heterocycles. The molecule has 19 heavy (non-hydrogen) atoms. The van der Waals surface area contributed by atoms with Crippen LogP contribution in [0.25, 0.3) is 0 Å². The van der Waals surface area contributed by atoms with Gasteiger partial charge in [0.2, 0.25) is 11.8 Å². The van der Waals surface area contributed by atoms with Crippen LogP contribution in [-0.2, 0) is 9.59 Å². The monoisotopic (exact) mass is 285 g/mol. The van der Waals surface area contributed by atoms with E-state index in [-0.39, 0.29) is 17.4 Å². The Bertz CT molecular complexity index is 365. The summed E-state index contributed by atoms with van der Waals surface area (Å²) in [5, 5.41) is 0. The third kappa shape index (κ3) is 3.65. The summed E-state index contributed by atoms with van der Waals surface area (Å²) in [6, 6.07) is 0. The molecule has 5 nitrogen and oxygen atoms in total. The second kappa shape index (κ2) is 6.84. The van der Waals surface area contributed by atoms with E-state index in [0.717, 1.165) is 25.7 Å². The van der Waals surface area contributed by atoms with E-state index >= 15 is 0 Å². The third-order valence-corrected chi connectivity index (χ3v) is 4.14. The predicted molar refractivity (Wildman–Crippen MR) is 78.4 cm³/mol. The number of nitrogens with two attached hydrogens (primary N) is 2. The topological polar surface area (TPSA) is 89.4 Å². The first-order chi connectivity index (χ1) is 8.94. The van der Waals surface area contributed by atoms with Gasteiger partial charge in [0.15, 0.2) is 0 Å². The van der Waals surface area contributed by atoms with Gasteiger partial charge in [-0.25, -0.2) is 0 Å². The SMILES string of the molecule is CCCCN(CC(N)=O)C(=O)C1(C(N)=S)CCCC1. The van der Waals surface area contributed by atoms with Crippen molar-refractivity contribution >= 4 is 29.0 Å². The van der Waals surface area contributed by atoms with Crippen molar-refractivity contribution in [3.8, 4) is 0 Å². The standard InChI is InChI=1S/C13H23N3O2S/c1-2-3-8-16(9-10(14)17)12(18)13(11(15)19)6-4-5-7-13/h2-9H2,1H3,(H2,14,17)(H2,15,19). The van der Waals surface area contributed by atoms with E-state index in [0.29, 0.717) is 19.4 Å². The number of thiocarbonyl (C=S) groups is 1. The summed E-state index contributed by atoms with van der Waals surface area (Å²) in [6.45, 7) is 2.51. The summed E-state index contributed by atoms with van der Waals surface area (Å²) in [5.41, 5.74) is 10.3. The van der Waals surface area contributed by atoms with E-state index in [4.69, 9.17) is 23.7 Å². The normalized spacial score (nSPS) is 17.1. The molecule has 0 aliphatic heterocycles. The minimum absolute atomic E-state index is 0.0524. The summed E-state index contributed by atoms with van der Waals surface area (Å²) in [6.07, 6.45) is 5.04. The molecule has 1 fully saturated rings. The highest BCUT2D eigenvalue weighted by Crippen LogP contribution is 2.40. The number of unbranched alkanes of at least 4 members (excludes halogenated alkanes) is 1. The summed E-state index contributed by atoms with van der Waals surface area (Å²) >= 11 is 5.10. The Kier molecular flexibility index (Phi) is 5.72. The quantitative estimate of drug-likeness (QED) is 0.681. The smallest absolute Gasteiger partial charge is 0.237 e. The van der Waals surface area contributed by atoms with Gasteiger partial charge in [-0.2, -0.15) is 0 Å². The lowest BCUT2D eigenvalue weighted by molar-refractivity contribution is -0.141. The number of hydrogen-bond acceptors (Lipinski definition) is 3. The fraction of sp³-hybridized carbons (Fsp3) is 0.769. The number of carbonyl (C=O) groups is 2. The molecule has 108 valence electrons. The fourth-order valence-electron chi connectivity index (χ4n) is 2.64. The molecule has 0 aromatic heterocycles. The van der Waals surface area contributed by atoms with Gasteiger partial charge >= 0.3 is 0 Å². The zero-order valence-corrected chi connectivity index (χ0v) is 12.3. The van der Waals surface area contributed by atoms with Crippen LogP contribution in [0.4, 0.5) is 0 Å². The maximum atomic E-state index is 12.7. The molecule has 4 N–H and O–H groups in total. The van der Waals surface area contributed by atoms with Crippen LogP contribution < -0.4 is 11.5 Å². The van der Waals surface area contributed by atoms with E-state index in [2.05, 4.69) is 0 Å². The number of primary amides is 1. The lowest BCUT2D eigenvalue weighted by Crippen LogP contribution is -2.51. The molecule has 0 radical (unpaired) electrons. The molecule has 1 aliphatic carbocycles. The number of hydrogen-bond donors (Lipinski definition) is 2. The molecule has 0 atom stereocenters. The van der Waals surface area contributed by atoms with Gasteiger partial charge in [-0.1, -0.05) is 38.4 Å². The Morgan fingerprint density at radius 2 is 1.84 bits per heavy atom. The van der Waals surface area contributed by atoms with Crippen LogP contribution in [0.1, 0.15) is 45.4 Å². The van der Waals surface area contributed by atoms with Gasteiger partial charge < -0.3 is 16.4 Å². The van der Waals surface area contributed by atoms with Gasteiger partial charge in [0.1, 0.15) is 0 Å².